The number of carbonyl (C=O) groups excluding carboxylic acids is 2. The quantitative estimate of drug-likeness (QED) is 0.668. The minimum absolute atomic E-state index is 0.0543. The van der Waals surface area contributed by atoms with Gasteiger partial charge in [0.1, 0.15) is 6.54 Å². The monoisotopic (exact) mass is 351 g/mol. The molecule has 1 aromatic carbocycles. The number of benzene rings is 1. The molecule has 0 aromatic heterocycles. The number of hydrazone groups is 1. The summed E-state index contributed by atoms with van der Waals surface area (Å²) < 4.78 is 0.952. The highest BCUT2D eigenvalue weighted by Crippen LogP contribution is 2.11. The van der Waals surface area contributed by atoms with E-state index in [1.807, 2.05) is 24.3 Å². The average molecular weight is 352 g/mol. The van der Waals surface area contributed by atoms with Gasteiger partial charge in [-0.25, -0.2) is 5.43 Å². The zero-order valence-electron chi connectivity index (χ0n) is 11.7. The van der Waals surface area contributed by atoms with E-state index in [2.05, 4.69) is 26.5 Å². The highest BCUT2D eigenvalue weighted by molar-refractivity contribution is 9.10. The van der Waals surface area contributed by atoms with Crippen LogP contribution in [-0.2, 0) is 9.59 Å². The molecule has 0 aliphatic carbocycles. The number of rotatable bonds is 4. The lowest BCUT2D eigenvalue weighted by atomic mass is 10.2. The van der Waals surface area contributed by atoms with Crippen molar-refractivity contribution in [2.45, 2.75) is 25.7 Å². The molecule has 1 aromatic rings. The van der Waals surface area contributed by atoms with Crippen LogP contribution in [0.15, 0.2) is 33.8 Å². The van der Waals surface area contributed by atoms with Gasteiger partial charge < -0.3 is 4.90 Å². The van der Waals surface area contributed by atoms with Crippen LogP contribution in [0.2, 0.25) is 0 Å². The van der Waals surface area contributed by atoms with Crippen LogP contribution in [0.3, 0.4) is 0 Å². The van der Waals surface area contributed by atoms with Gasteiger partial charge in [-0.1, -0.05) is 34.5 Å². The normalized spacial score (nSPS) is 16.0. The molecule has 0 bridgehead atoms. The average Bonchev–Trinajstić information content (AvgIpc) is 2.64. The molecule has 1 fully saturated rings. The molecule has 6 heteroatoms. The van der Waals surface area contributed by atoms with E-state index >= 15 is 0 Å². The van der Waals surface area contributed by atoms with Crippen molar-refractivity contribution in [2.75, 3.05) is 13.1 Å². The van der Waals surface area contributed by atoms with Gasteiger partial charge in [-0.05, 0) is 30.5 Å². The Bertz CT molecular complexity index is 545. The molecular formula is C15H18BrN3O2. The van der Waals surface area contributed by atoms with Crippen LogP contribution in [0.25, 0.3) is 0 Å². The third-order valence-corrected chi connectivity index (χ3v) is 3.75. The summed E-state index contributed by atoms with van der Waals surface area (Å²) in [6, 6.07) is 7.59. The first kappa shape index (κ1) is 15.7. The van der Waals surface area contributed by atoms with Gasteiger partial charge in [-0.2, -0.15) is 5.10 Å². The molecule has 0 unspecified atom stereocenters. The number of carbonyl (C=O) groups is 2. The molecule has 112 valence electrons. The number of nitrogens with zero attached hydrogens (tertiary/aromatic N) is 2. The fourth-order valence-electron chi connectivity index (χ4n) is 2.18. The third-order valence-electron chi connectivity index (χ3n) is 3.26. The lowest BCUT2D eigenvalue weighted by Crippen LogP contribution is -2.39. The van der Waals surface area contributed by atoms with E-state index in [9.17, 15) is 9.59 Å². The smallest absolute Gasteiger partial charge is 0.259 e. The molecule has 1 N–H and O–H groups in total. The summed E-state index contributed by atoms with van der Waals surface area (Å²) in [5.74, 6) is -0.213. The molecule has 0 saturated carbocycles. The molecule has 2 amide bonds. The van der Waals surface area contributed by atoms with Gasteiger partial charge in [0.05, 0.1) is 6.21 Å². The SMILES string of the molecule is O=C(CN1CCCCCC1=O)N/N=C\c1cccc(Br)c1. The summed E-state index contributed by atoms with van der Waals surface area (Å²) >= 11 is 3.37. The lowest BCUT2D eigenvalue weighted by molar-refractivity contribution is -0.135. The van der Waals surface area contributed by atoms with Crippen molar-refractivity contribution in [3.05, 3.63) is 34.3 Å². The predicted molar refractivity (Wildman–Crippen MR) is 84.9 cm³/mol. The molecule has 0 radical (unpaired) electrons. The Kier molecular flexibility index (Phi) is 5.92. The van der Waals surface area contributed by atoms with Crippen LogP contribution >= 0.6 is 15.9 Å². The maximum atomic E-state index is 11.8. The predicted octanol–water partition coefficient (Wildman–Crippen LogP) is 2.30. The van der Waals surface area contributed by atoms with Crippen molar-refractivity contribution < 1.29 is 9.59 Å². The van der Waals surface area contributed by atoms with Crippen molar-refractivity contribution in [1.29, 1.82) is 0 Å². The van der Waals surface area contributed by atoms with Crippen LogP contribution < -0.4 is 5.43 Å². The number of hydrogen-bond acceptors (Lipinski definition) is 3. The van der Waals surface area contributed by atoms with E-state index in [0.29, 0.717) is 13.0 Å². The van der Waals surface area contributed by atoms with Crippen molar-refractivity contribution in [1.82, 2.24) is 10.3 Å². The van der Waals surface area contributed by atoms with Gasteiger partial charge in [-0.15, -0.1) is 0 Å². The minimum Gasteiger partial charge on any atom is -0.333 e. The number of nitrogens with one attached hydrogen (secondary N) is 1. The lowest BCUT2D eigenvalue weighted by Gasteiger charge is -2.18. The third kappa shape index (κ3) is 5.30. The Hall–Kier alpha value is -1.69. The summed E-state index contributed by atoms with van der Waals surface area (Å²) in [5, 5.41) is 3.91. The van der Waals surface area contributed by atoms with Gasteiger partial charge in [0, 0.05) is 17.4 Å². The van der Waals surface area contributed by atoms with Gasteiger partial charge >= 0.3 is 0 Å². The molecule has 1 heterocycles. The Balaban J connectivity index is 1.82. The number of likely N-dealkylation sites (tertiary alicyclic amines) is 1. The Morgan fingerprint density at radius 2 is 2.24 bits per heavy atom. The van der Waals surface area contributed by atoms with E-state index in [1.165, 1.54) is 0 Å². The van der Waals surface area contributed by atoms with Gasteiger partial charge in [0.2, 0.25) is 5.91 Å². The second-order valence-electron chi connectivity index (χ2n) is 4.97. The van der Waals surface area contributed by atoms with Crippen molar-refractivity contribution in [2.24, 2.45) is 5.10 Å². The maximum Gasteiger partial charge on any atom is 0.259 e. The largest absolute Gasteiger partial charge is 0.333 e. The molecule has 1 saturated heterocycles. The molecule has 1 aliphatic rings. The first-order chi connectivity index (χ1) is 10.1. The summed E-state index contributed by atoms with van der Waals surface area (Å²) in [7, 11) is 0. The Labute approximate surface area is 132 Å². The molecule has 5 nitrogen and oxygen atoms in total. The Morgan fingerprint density at radius 3 is 3.05 bits per heavy atom. The summed E-state index contributed by atoms with van der Waals surface area (Å²) in [4.78, 5) is 25.2. The van der Waals surface area contributed by atoms with E-state index in [-0.39, 0.29) is 18.4 Å². The molecule has 2 rings (SSSR count). The molecule has 1 aliphatic heterocycles. The highest BCUT2D eigenvalue weighted by atomic mass is 79.9. The summed E-state index contributed by atoms with van der Waals surface area (Å²) in [5.41, 5.74) is 3.34. The molecule has 21 heavy (non-hydrogen) atoms. The fourth-order valence-corrected chi connectivity index (χ4v) is 2.60. The van der Waals surface area contributed by atoms with E-state index < -0.39 is 0 Å². The molecule has 0 spiro atoms. The minimum atomic E-state index is -0.267. The first-order valence-electron chi connectivity index (χ1n) is 7.00. The van der Waals surface area contributed by atoms with Crippen LogP contribution in [-0.4, -0.2) is 36.0 Å². The summed E-state index contributed by atoms with van der Waals surface area (Å²) in [6.07, 6.45) is 5.03. The van der Waals surface area contributed by atoms with Crippen LogP contribution in [0, 0.1) is 0 Å². The zero-order chi connectivity index (χ0) is 15.1. The highest BCUT2D eigenvalue weighted by Gasteiger charge is 2.18. The fraction of sp³-hybridized carbons (Fsp3) is 0.400. The van der Waals surface area contributed by atoms with Gasteiger partial charge in [-0.3, -0.25) is 9.59 Å². The second-order valence-corrected chi connectivity index (χ2v) is 5.89. The topological polar surface area (TPSA) is 61.8 Å². The van der Waals surface area contributed by atoms with Crippen molar-refractivity contribution >= 4 is 34.0 Å². The van der Waals surface area contributed by atoms with E-state index in [4.69, 9.17) is 0 Å². The van der Waals surface area contributed by atoms with E-state index in [0.717, 1.165) is 29.3 Å². The maximum absolute atomic E-state index is 11.8. The standard InChI is InChI=1S/C15H18BrN3O2/c16-13-6-4-5-12(9-13)10-17-18-14(20)11-19-8-3-1-2-7-15(19)21/h4-6,9-10H,1-3,7-8,11H2,(H,18,20)/b17-10-. The number of halogens is 1. The van der Waals surface area contributed by atoms with Gasteiger partial charge in [0.15, 0.2) is 0 Å². The molecular weight excluding hydrogens is 334 g/mol. The first-order valence-corrected chi connectivity index (χ1v) is 7.80. The van der Waals surface area contributed by atoms with Crippen LogP contribution in [0.1, 0.15) is 31.2 Å². The molecule has 0 atom stereocenters. The van der Waals surface area contributed by atoms with E-state index in [1.54, 1.807) is 11.1 Å². The zero-order valence-corrected chi connectivity index (χ0v) is 13.3. The Morgan fingerprint density at radius 1 is 1.38 bits per heavy atom. The van der Waals surface area contributed by atoms with Crippen molar-refractivity contribution in [3.8, 4) is 0 Å². The van der Waals surface area contributed by atoms with Crippen molar-refractivity contribution in [3.63, 3.8) is 0 Å². The number of amides is 2. The van der Waals surface area contributed by atoms with Gasteiger partial charge in [0.25, 0.3) is 5.91 Å². The second kappa shape index (κ2) is 7.93. The van der Waals surface area contributed by atoms with Crippen LogP contribution in [0.5, 0.6) is 0 Å². The summed E-state index contributed by atoms with van der Waals surface area (Å²) in [6.45, 7) is 0.732. The van der Waals surface area contributed by atoms with Crippen LogP contribution in [0.4, 0.5) is 0 Å². The number of hydrogen-bond donors (Lipinski definition) is 1.